The predicted octanol–water partition coefficient (Wildman–Crippen LogP) is 4.72. The number of ether oxygens (including phenoxy) is 1. The first-order valence-electron chi connectivity index (χ1n) is 8.72. The van der Waals surface area contributed by atoms with E-state index < -0.39 is 5.63 Å². The zero-order valence-corrected chi connectivity index (χ0v) is 15.9. The van der Waals surface area contributed by atoms with Crippen molar-refractivity contribution in [1.29, 1.82) is 0 Å². The van der Waals surface area contributed by atoms with Gasteiger partial charge in [0.15, 0.2) is 6.61 Å². The zero-order chi connectivity index (χ0) is 19.4. The summed E-state index contributed by atoms with van der Waals surface area (Å²) in [6.07, 6.45) is 1.64. The number of hydrogen-bond acceptors (Lipinski definition) is 4. The number of nitrogens with one attached hydrogen (secondary N) is 1. The van der Waals surface area contributed by atoms with Crippen LogP contribution in [-0.2, 0) is 11.2 Å². The summed E-state index contributed by atoms with van der Waals surface area (Å²) in [6.45, 7) is 3.80. The number of rotatable bonds is 6. The lowest BCUT2D eigenvalue weighted by atomic mass is 10.1. The SMILES string of the molecule is CCCc1cc(=O)oc2cc(OCC(=O)Nc3ccc(C)cc3)c(Cl)cc12. The van der Waals surface area contributed by atoms with Crippen molar-refractivity contribution in [2.24, 2.45) is 0 Å². The molecule has 1 N–H and O–H groups in total. The number of hydrogen-bond donors (Lipinski definition) is 1. The van der Waals surface area contributed by atoms with E-state index in [9.17, 15) is 9.59 Å². The summed E-state index contributed by atoms with van der Waals surface area (Å²) >= 11 is 6.30. The van der Waals surface area contributed by atoms with Gasteiger partial charge in [0, 0.05) is 23.2 Å². The molecule has 27 heavy (non-hydrogen) atoms. The van der Waals surface area contributed by atoms with Gasteiger partial charge in [-0.3, -0.25) is 4.79 Å². The Morgan fingerprint density at radius 1 is 1.19 bits per heavy atom. The number of fused-ring (bicyclic) bond motifs is 1. The molecule has 1 amide bonds. The second-order valence-corrected chi connectivity index (χ2v) is 6.73. The average Bonchev–Trinajstić information content (AvgIpc) is 2.63. The van der Waals surface area contributed by atoms with Crippen molar-refractivity contribution < 1.29 is 13.9 Å². The summed E-state index contributed by atoms with van der Waals surface area (Å²) in [7, 11) is 0. The molecular formula is C21H20ClNO4. The smallest absolute Gasteiger partial charge is 0.336 e. The molecule has 0 aliphatic rings. The Morgan fingerprint density at radius 3 is 2.63 bits per heavy atom. The maximum atomic E-state index is 12.1. The van der Waals surface area contributed by atoms with Crippen LogP contribution in [0.5, 0.6) is 5.75 Å². The Morgan fingerprint density at radius 2 is 1.93 bits per heavy atom. The molecule has 0 saturated heterocycles. The highest BCUT2D eigenvalue weighted by Gasteiger charge is 2.12. The maximum absolute atomic E-state index is 12.1. The quantitative estimate of drug-likeness (QED) is 0.623. The molecule has 140 valence electrons. The summed E-state index contributed by atoms with van der Waals surface area (Å²) in [5.41, 5.74) is 2.65. The summed E-state index contributed by atoms with van der Waals surface area (Å²) < 4.78 is 10.8. The molecule has 6 heteroatoms. The molecule has 1 heterocycles. The topological polar surface area (TPSA) is 68.5 Å². The molecule has 0 fully saturated rings. The lowest BCUT2D eigenvalue weighted by Crippen LogP contribution is -2.20. The molecule has 0 spiro atoms. The van der Waals surface area contributed by atoms with E-state index in [0.29, 0.717) is 22.0 Å². The summed E-state index contributed by atoms with van der Waals surface area (Å²) in [4.78, 5) is 23.9. The molecule has 0 atom stereocenters. The third-order valence-electron chi connectivity index (χ3n) is 4.10. The van der Waals surface area contributed by atoms with Gasteiger partial charge in [-0.1, -0.05) is 42.6 Å². The van der Waals surface area contributed by atoms with E-state index in [1.165, 1.54) is 6.07 Å². The molecule has 3 rings (SSSR count). The van der Waals surface area contributed by atoms with Crippen molar-refractivity contribution >= 4 is 34.2 Å². The van der Waals surface area contributed by atoms with Crippen LogP contribution in [0.1, 0.15) is 24.5 Å². The average molecular weight is 386 g/mol. The van der Waals surface area contributed by atoms with E-state index in [-0.39, 0.29) is 12.5 Å². The number of halogens is 1. The largest absolute Gasteiger partial charge is 0.482 e. The van der Waals surface area contributed by atoms with Crippen molar-refractivity contribution in [3.8, 4) is 5.75 Å². The van der Waals surface area contributed by atoms with Crippen molar-refractivity contribution in [3.05, 3.63) is 69.0 Å². The van der Waals surface area contributed by atoms with Crippen molar-refractivity contribution in [3.63, 3.8) is 0 Å². The third-order valence-corrected chi connectivity index (χ3v) is 4.39. The van der Waals surface area contributed by atoms with Gasteiger partial charge in [-0.25, -0.2) is 4.79 Å². The molecule has 0 bridgehead atoms. The van der Waals surface area contributed by atoms with E-state index in [2.05, 4.69) is 5.32 Å². The van der Waals surface area contributed by atoms with Crippen LogP contribution >= 0.6 is 11.6 Å². The number of benzene rings is 2. The van der Waals surface area contributed by atoms with E-state index in [1.807, 2.05) is 38.1 Å². The van der Waals surface area contributed by atoms with Crippen LogP contribution in [0.25, 0.3) is 11.0 Å². The van der Waals surface area contributed by atoms with Crippen LogP contribution in [-0.4, -0.2) is 12.5 Å². The maximum Gasteiger partial charge on any atom is 0.336 e. The minimum atomic E-state index is -0.420. The normalized spacial score (nSPS) is 10.8. The number of anilines is 1. The zero-order valence-electron chi connectivity index (χ0n) is 15.2. The lowest BCUT2D eigenvalue weighted by Gasteiger charge is -2.11. The second kappa shape index (κ2) is 8.27. The number of aryl methyl sites for hydroxylation is 2. The van der Waals surface area contributed by atoms with Crippen LogP contribution < -0.4 is 15.7 Å². The molecular weight excluding hydrogens is 366 g/mol. The third kappa shape index (κ3) is 4.68. The minimum absolute atomic E-state index is 0.210. The van der Waals surface area contributed by atoms with Gasteiger partial charge in [-0.05, 0) is 37.1 Å². The van der Waals surface area contributed by atoms with E-state index in [4.69, 9.17) is 20.8 Å². The van der Waals surface area contributed by atoms with Gasteiger partial charge in [-0.2, -0.15) is 0 Å². The van der Waals surface area contributed by atoms with Crippen LogP contribution in [0, 0.1) is 6.92 Å². The first kappa shape index (κ1) is 19.0. The molecule has 5 nitrogen and oxygen atoms in total. The second-order valence-electron chi connectivity index (χ2n) is 6.32. The monoisotopic (exact) mass is 385 g/mol. The minimum Gasteiger partial charge on any atom is -0.482 e. The molecule has 3 aromatic rings. The number of carbonyl (C=O) groups excluding carboxylic acids is 1. The number of amides is 1. The standard InChI is InChI=1S/C21H20ClNO4/c1-3-4-14-9-21(25)27-18-11-19(17(22)10-16(14)18)26-12-20(24)23-15-7-5-13(2)6-8-15/h5-11H,3-4,12H2,1-2H3,(H,23,24). The Bertz CT molecular complexity index is 1020. The highest BCUT2D eigenvalue weighted by Crippen LogP contribution is 2.31. The van der Waals surface area contributed by atoms with Crippen molar-refractivity contribution in [1.82, 2.24) is 0 Å². The fraction of sp³-hybridized carbons (Fsp3) is 0.238. The van der Waals surface area contributed by atoms with Gasteiger partial charge < -0.3 is 14.5 Å². The first-order valence-corrected chi connectivity index (χ1v) is 9.09. The number of carbonyl (C=O) groups is 1. The van der Waals surface area contributed by atoms with E-state index in [1.54, 1.807) is 12.1 Å². The molecule has 0 unspecified atom stereocenters. The Labute approximate surface area is 161 Å². The Kier molecular flexibility index (Phi) is 5.81. The Balaban J connectivity index is 1.76. The van der Waals surface area contributed by atoms with E-state index >= 15 is 0 Å². The highest BCUT2D eigenvalue weighted by molar-refractivity contribution is 6.32. The molecule has 0 aliphatic heterocycles. The summed E-state index contributed by atoms with van der Waals surface area (Å²) in [6, 6.07) is 12.2. The van der Waals surface area contributed by atoms with Crippen LogP contribution in [0.4, 0.5) is 5.69 Å². The lowest BCUT2D eigenvalue weighted by molar-refractivity contribution is -0.118. The van der Waals surface area contributed by atoms with Crippen LogP contribution in [0.2, 0.25) is 5.02 Å². The van der Waals surface area contributed by atoms with Crippen LogP contribution in [0.15, 0.2) is 51.7 Å². The van der Waals surface area contributed by atoms with Gasteiger partial charge >= 0.3 is 5.63 Å². The molecule has 0 saturated carbocycles. The van der Waals surface area contributed by atoms with Gasteiger partial charge in [0.05, 0.1) is 5.02 Å². The fourth-order valence-electron chi connectivity index (χ4n) is 2.79. The molecule has 2 aromatic carbocycles. The first-order chi connectivity index (χ1) is 13.0. The molecule has 0 aliphatic carbocycles. The highest BCUT2D eigenvalue weighted by atomic mass is 35.5. The molecule has 1 aromatic heterocycles. The summed E-state index contributed by atoms with van der Waals surface area (Å²) in [5, 5.41) is 3.88. The summed E-state index contributed by atoms with van der Waals surface area (Å²) in [5.74, 6) is -0.0174. The predicted molar refractivity (Wildman–Crippen MR) is 107 cm³/mol. The van der Waals surface area contributed by atoms with Crippen molar-refractivity contribution in [2.75, 3.05) is 11.9 Å². The molecule has 0 radical (unpaired) electrons. The van der Waals surface area contributed by atoms with E-state index in [0.717, 1.165) is 29.4 Å². The van der Waals surface area contributed by atoms with Gasteiger partial charge in [0.1, 0.15) is 11.3 Å². The van der Waals surface area contributed by atoms with Crippen molar-refractivity contribution in [2.45, 2.75) is 26.7 Å². The van der Waals surface area contributed by atoms with Gasteiger partial charge in [0.25, 0.3) is 5.91 Å². The van der Waals surface area contributed by atoms with Crippen LogP contribution in [0.3, 0.4) is 0 Å². The Hall–Kier alpha value is -2.79. The fourth-order valence-corrected chi connectivity index (χ4v) is 3.01. The van der Waals surface area contributed by atoms with Gasteiger partial charge in [0.2, 0.25) is 0 Å². The van der Waals surface area contributed by atoms with Gasteiger partial charge in [-0.15, -0.1) is 0 Å².